The van der Waals surface area contributed by atoms with E-state index in [2.05, 4.69) is 37.4 Å². The summed E-state index contributed by atoms with van der Waals surface area (Å²) in [6.45, 7) is 5.25. The summed E-state index contributed by atoms with van der Waals surface area (Å²) in [6, 6.07) is 14.7. The molecule has 22 heavy (non-hydrogen) atoms. The van der Waals surface area contributed by atoms with E-state index in [1.54, 1.807) is 0 Å². The first-order chi connectivity index (χ1) is 10.6. The molecule has 2 aromatic rings. The molecule has 3 heteroatoms. The van der Waals surface area contributed by atoms with Crippen molar-refractivity contribution in [2.75, 3.05) is 11.9 Å². The van der Waals surface area contributed by atoms with Gasteiger partial charge in [-0.25, -0.2) is 4.79 Å². The van der Waals surface area contributed by atoms with Gasteiger partial charge in [0, 0.05) is 18.0 Å². The number of hydrogen-bond donors (Lipinski definition) is 1. The Morgan fingerprint density at radius 1 is 1.18 bits per heavy atom. The lowest BCUT2D eigenvalue weighted by Gasteiger charge is -2.24. The number of rotatable bonds is 5. The number of anilines is 1. The minimum atomic E-state index is 0.0412. The highest BCUT2D eigenvalue weighted by molar-refractivity contribution is 6.01. The largest absolute Gasteiger partial charge is 0.322 e. The molecule has 1 saturated carbocycles. The van der Waals surface area contributed by atoms with Crippen LogP contribution in [0.5, 0.6) is 0 Å². The molecule has 0 aromatic heterocycles. The van der Waals surface area contributed by atoms with Gasteiger partial charge in [-0.1, -0.05) is 50.2 Å². The SMILES string of the molecule is CC(C)CCN(C(=O)Nc1cccc2ccccc12)C1CC1. The van der Waals surface area contributed by atoms with Crippen LogP contribution in [0, 0.1) is 5.92 Å². The molecule has 1 N–H and O–H groups in total. The van der Waals surface area contributed by atoms with Crippen molar-refractivity contribution in [3.05, 3.63) is 42.5 Å². The summed E-state index contributed by atoms with van der Waals surface area (Å²) in [7, 11) is 0. The zero-order chi connectivity index (χ0) is 15.5. The molecule has 3 nitrogen and oxygen atoms in total. The number of benzene rings is 2. The smallest absolute Gasteiger partial charge is 0.322 e. The molecule has 0 unspecified atom stereocenters. The summed E-state index contributed by atoms with van der Waals surface area (Å²) < 4.78 is 0. The summed E-state index contributed by atoms with van der Waals surface area (Å²) in [5.74, 6) is 0.617. The van der Waals surface area contributed by atoms with E-state index in [1.807, 2.05) is 29.2 Å². The molecule has 1 aliphatic carbocycles. The molecular formula is C19H24N2O. The first-order valence-electron chi connectivity index (χ1n) is 8.20. The lowest BCUT2D eigenvalue weighted by atomic mass is 10.1. The van der Waals surface area contributed by atoms with Crippen LogP contribution in [0.15, 0.2) is 42.5 Å². The van der Waals surface area contributed by atoms with Crippen molar-refractivity contribution in [2.24, 2.45) is 5.92 Å². The van der Waals surface area contributed by atoms with Crippen LogP contribution in [0.2, 0.25) is 0 Å². The van der Waals surface area contributed by atoms with Gasteiger partial charge in [-0.3, -0.25) is 0 Å². The second kappa shape index (κ2) is 6.39. The number of hydrogen-bond acceptors (Lipinski definition) is 1. The summed E-state index contributed by atoms with van der Waals surface area (Å²) >= 11 is 0. The highest BCUT2D eigenvalue weighted by atomic mass is 16.2. The second-order valence-electron chi connectivity index (χ2n) is 6.56. The molecule has 2 amide bonds. The van der Waals surface area contributed by atoms with Crippen LogP contribution < -0.4 is 5.32 Å². The van der Waals surface area contributed by atoms with E-state index >= 15 is 0 Å². The van der Waals surface area contributed by atoms with Crippen molar-refractivity contribution in [1.82, 2.24) is 4.90 Å². The highest BCUT2D eigenvalue weighted by Crippen LogP contribution is 2.29. The molecule has 0 aliphatic heterocycles. The monoisotopic (exact) mass is 296 g/mol. The van der Waals surface area contributed by atoms with Crippen molar-refractivity contribution in [3.8, 4) is 0 Å². The second-order valence-corrected chi connectivity index (χ2v) is 6.56. The van der Waals surface area contributed by atoms with Gasteiger partial charge in [0.1, 0.15) is 0 Å². The fourth-order valence-electron chi connectivity index (χ4n) is 2.75. The fourth-order valence-corrected chi connectivity index (χ4v) is 2.75. The van der Waals surface area contributed by atoms with Gasteiger partial charge in [-0.15, -0.1) is 0 Å². The standard InChI is InChI=1S/C19H24N2O/c1-14(2)12-13-21(16-10-11-16)19(22)20-18-9-5-7-15-6-3-4-8-17(15)18/h3-9,14,16H,10-13H2,1-2H3,(H,20,22). The van der Waals surface area contributed by atoms with Gasteiger partial charge < -0.3 is 10.2 Å². The van der Waals surface area contributed by atoms with Gasteiger partial charge in [0.25, 0.3) is 0 Å². The van der Waals surface area contributed by atoms with E-state index in [-0.39, 0.29) is 6.03 Å². The number of fused-ring (bicyclic) bond motifs is 1. The number of urea groups is 1. The van der Waals surface area contributed by atoms with Crippen molar-refractivity contribution >= 4 is 22.5 Å². The molecule has 1 aliphatic rings. The Hall–Kier alpha value is -2.03. The molecule has 0 saturated heterocycles. The Balaban J connectivity index is 1.76. The van der Waals surface area contributed by atoms with E-state index in [9.17, 15) is 4.79 Å². The number of nitrogens with zero attached hydrogens (tertiary/aromatic N) is 1. The number of carbonyl (C=O) groups is 1. The molecule has 116 valence electrons. The van der Waals surface area contributed by atoms with Crippen LogP contribution in [-0.2, 0) is 0 Å². The molecule has 1 fully saturated rings. The first kappa shape index (κ1) is 14.9. The molecule has 2 aromatic carbocycles. The molecule has 0 bridgehead atoms. The van der Waals surface area contributed by atoms with Gasteiger partial charge in [-0.2, -0.15) is 0 Å². The lowest BCUT2D eigenvalue weighted by Crippen LogP contribution is -2.38. The van der Waals surface area contributed by atoms with Crippen molar-refractivity contribution in [3.63, 3.8) is 0 Å². The van der Waals surface area contributed by atoms with Crippen molar-refractivity contribution in [2.45, 2.75) is 39.2 Å². The van der Waals surface area contributed by atoms with E-state index in [0.717, 1.165) is 42.3 Å². The highest BCUT2D eigenvalue weighted by Gasteiger charge is 2.32. The van der Waals surface area contributed by atoms with Gasteiger partial charge in [0.05, 0.1) is 5.69 Å². The fraction of sp³-hybridized carbons (Fsp3) is 0.421. The van der Waals surface area contributed by atoms with Crippen LogP contribution in [0.1, 0.15) is 33.1 Å². The van der Waals surface area contributed by atoms with Crippen molar-refractivity contribution < 1.29 is 4.79 Å². The topological polar surface area (TPSA) is 32.3 Å². The lowest BCUT2D eigenvalue weighted by molar-refractivity contribution is 0.205. The van der Waals surface area contributed by atoms with Crippen LogP contribution in [0.4, 0.5) is 10.5 Å². The van der Waals surface area contributed by atoms with Crippen LogP contribution in [0.3, 0.4) is 0 Å². The predicted octanol–water partition coefficient (Wildman–Crippen LogP) is 4.88. The Labute approximate surface area is 132 Å². The number of carbonyl (C=O) groups excluding carboxylic acids is 1. The zero-order valence-corrected chi connectivity index (χ0v) is 13.4. The summed E-state index contributed by atoms with van der Waals surface area (Å²) in [4.78, 5) is 14.7. The van der Waals surface area contributed by atoms with Crippen LogP contribution in [0.25, 0.3) is 10.8 Å². The van der Waals surface area contributed by atoms with Gasteiger partial charge in [0.15, 0.2) is 0 Å². The van der Waals surface area contributed by atoms with Gasteiger partial charge in [-0.05, 0) is 36.6 Å². The molecule has 0 heterocycles. The third-order valence-corrected chi connectivity index (χ3v) is 4.23. The Kier molecular flexibility index (Phi) is 4.32. The predicted molar refractivity (Wildman–Crippen MR) is 92.1 cm³/mol. The van der Waals surface area contributed by atoms with Crippen molar-refractivity contribution in [1.29, 1.82) is 0 Å². The normalized spacial score (nSPS) is 14.3. The third-order valence-electron chi connectivity index (χ3n) is 4.23. The van der Waals surface area contributed by atoms with E-state index < -0.39 is 0 Å². The zero-order valence-electron chi connectivity index (χ0n) is 13.4. The number of nitrogens with one attached hydrogen (secondary N) is 1. The Morgan fingerprint density at radius 2 is 1.91 bits per heavy atom. The molecule has 3 rings (SSSR count). The van der Waals surface area contributed by atoms with Gasteiger partial charge >= 0.3 is 6.03 Å². The first-order valence-corrected chi connectivity index (χ1v) is 8.20. The summed E-state index contributed by atoms with van der Waals surface area (Å²) in [6.07, 6.45) is 3.33. The number of amides is 2. The minimum absolute atomic E-state index is 0.0412. The third kappa shape index (κ3) is 3.41. The maximum absolute atomic E-state index is 12.7. The molecule has 0 radical (unpaired) electrons. The van der Waals surface area contributed by atoms with E-state index in [1.165, 1.54) is 0 Å². The molecule has 0 atom stereocenters. The average Bonchev–Trinajstić information content (AvgIpc) is 3.32. The maximum Gasteiger partial charge on any atom is 0.322 e. The molecule has 0 spiro atoms. The Morgan fingerprint density at radius 3 is 2.64 bits per heavy atom. The Bertz CT molecular complexity index is 656. The van der Waals surface area contributed by atoms with E-state index in [0.29, 0.717) is 12.0 Å². The quantitative estimate of drug-likeness (QED) is 0.837. The average molecular weight is 296 g/mol. The maximum atomic E-state index is 12.7. The summed E-state index contributed by atoms with van der Waals surface area (Å²) in [5, 5.41) is 5.37. The minimum Gasteiger partial charge on any atom is -0.322 e. The van der Waals surface area contributed by atoms with Crippen LogP contribution in [-0.4, -0.2) is 23.5 Å². The van der Waals surface area contributed by atoms with Gasteiger partial charge in [0.2, 0.25) is 0 Å². The van der Waals surface area contributed by atoms with E-state index in [4.69, 9.17) is 0 Å². The molecular weight excluding hydrogens is 272 g/mol. The summed E-state index contributed by atoms with van der Waals surface area (Å²) in [5.41, 5.74) is 0.901. The van der Waals surface area contributed by atoms with Crippen LogP contribution >= 0.6 is 0 Å².